The van der Waals surface area contributed by atoms with E-state index >= 15 is 0 Å². The van der Waals surface area contributed by atoms with Crippen LogP contribution in [-0.4, -0.2) is 22.9 Å². The molecule has 1 rings (SSSR count). The van der Waals surface area contributed by atoms with Crippen LogP contribution in [-0.2, 0) is 0 Å². The molecule has 0 aromatic heterocycles. The van der Waals surface area contributed by atoms with Crippen molar-refractivity contribution in [3.8, 4) is 11.5 Å². The van der Waals surface area contributed by atoms with Crippen LogP contribution in [0.25, 0.3) is 0 Å². The van der Waals surface area contributed by atoms with Crippen molar-refractivity contribution in [1.29, 1.82) is 0 Å². The van der Waals surface area contributed by atoms with Crippen LogP contribution in [0.15, 0.2) is 12.1 Å². The summed E-state index contributed by atoms with van der Waals surface area (Å²) in [5.41, 5.74) is -0.443. The van der Waals surface area contributed by atoms with Gasteiger partial charge in [0.2, 0.25) is 5.75 Å². The van der Waals surface area contributed by atoms with Crippen LogP contribution in [0, 0.1) is 16.0 Å². The van der Waals surface area contributed by atoms with Crippen molar-refractivity contribution in [3.05, 3.63) is 27.8 Å². The number of phenols is 1. The molecule has 0 atom stereocenters. The summed E-state index contributed by atoms with van der Waals surface area (Å²) in [6.45, 7) is 4.09. The molecule has 0 saturated carbocycles. The number of hydrogen-bond donors (Lipinski definition) is 1. The Bertz CT molecular complexity index is 442. The van der Waals surface area contributed by atoms with Crippen molar-refractivity contribution in [3.63, 3.8) is 0 Å². The molecule has 1 aromatic carbocycles. The Labute approximate surface area is 98.0 Å². The molecule has 1 N–H and O–H groups in total. The number of aromatic hydroxyl groups is 1. The van der Waals surface area contributed by atoms with Gasteiger partial charge in [0.1, 0.15) is 6.29 Å². The summed E-state index contributed by atoms with van der Waals surface area (Å²) < 4.78 is 5.22. The molecular weight excluding hydrogens is 226 g/mol. The minimum absolute atomic E-state index is 0.0463. The number of benzene rings is 1. The summed E-state index contributed by atoms with van der Waals surface area (Å²) >= 11 is 0. The topological polar surface area (TPSA) is 89.7 Å². The van der Waals surface area contributed by atoms with Crippen molar-refractivity contribution >= 4 is 12.0 Å². The third kappa shape index (κ3) is 3.17. The summed E-state index contributed by atoms with van der Waals surface area (Å²) in [5.74, 6) is -0.399. The highest BCUT2D eigenvalue weighted by molar-refractivity contribution is 5.79. The summed E-state index contributed by atoms with van der Waals surface area (Å²) in [6.07, 6.45) is 0.467. The number of rotatable bonds is 5. The molecule has 0 aliphatic heterocycles. The number of nitro groups is 1. The molecule has 0 fully saturated rings. The van der Waals surface area contributed by atoms with Gasteiger partial charge in [-0.2, -0.15) is 0 Å². The summed E-state index contributed by atoms with van der Waals surface area (Å²) in [7, 11) is 0. The average Bonchev–Trinajstić information content (AvgIpc) is 2.27. The Morgan fingerprint density at radius 2 is 2.18 bits per heavy atom. The van der Waals surface area contributed by atoms with E-state index in [-0.39, 0.29) is 17.2 Å². The van der Waals surface area contributed by atoms with E-state index in [1.54, 1.807) is 0 Å². The van der Waals surface area contributed by atoms with E-state index in [1.807, 2.05) is 13.8 Å². The van der Waals surface area contributed by atoms with Crippen molar-refractivity contribution in [1.82, 2.24) is 0 Å². The van der Waals surface area contributed by atoms with Gasteiger partial charge in [-0.05, 0) is 12.0 Å². The van der Waals surface area contributed by atoms with Crippen LogP contribution < -0.4 is 4.74 Å². The maximum Gasteiger partial charge on any atom is 0.315 e. The highest BCUT2D eigenvalue weighted by atomic mass is 16.6. The minimum atomic E-state index is -0.759. The lowest BCUT2D eigenvalue weighted by Crippen LogP contribution is -2.05. The molecule has 1 aromatic rings. The van der Waals surface area contributed by atoms with E-state index in [0.717, 1.165) is 6.07 Å². The predicted octanol–water partition coefficient (Wildman–Crippen LogP) is 2.15. The molecule has 0 amide bonds. The SMILES string of the molecule is CC(C)COc1cc(C=O)cc([N+](=O)[O-])c1O. The minimum Gasteiger partial charge on any atom is -0.500 e. The molecule has 6 nitrogen and oxygen atoms in total. The molecule has 0 spiro atoms. The monoisotopic (exact) mass is 239 g/mol. The van der Waals surface area contributed by atoms with Gasteiger partial charge >= 0.3 is 5.69 Å². The molecule has 17 heavy (non-hydrogen) atoms. The van der Waals surface area contributed by atoms with Crippen LogP contribution in [0.4, 0.5) is 5.69 Å². The third-order valence-electron chi connectivity index (χ3n) is 1.98. The van der Waals surface area contributed by atoms with Gasteiger partial charge in [0.25, 0.3) is 0 Å². The molecule has 0 unspecified atom stereocenters. The number of nitrogens with zero attached hydrogens (tertiary/aromatic N) is 1. The lowest BCUT2D eigenvalue weighted by molar-refractivity contribution is -0.386. The van der Waals surface area contributed by atoms with Gasteiger partial charge in [-0.1, -0.05) is 13.8 Å². The fourth-order valence-corrected chi connectivity index (χ4v) is 1.19. The number of carbonyl (C=O) groups excluding carboxylic acids is 1. The van der Waals surface area contributed by atoms with Gasteiger partial charge in [-0.15, -0.1) is 0 Å². The quantitative estimate of drug-likeness (QED) is 0.483. The van der Waals surface area contributed by atoms with Crippen molar-refractivity contribution < 1.29 is 19.6 Å². The molecule has 0 bridgehead atoms. The molecule has 0 heterocycles. The third-order valence-corrected chi connectivity index (χ3v) is 1.98. The second kappa shape index (κ2) is 5.29. The van der Waals surface area contributed by atoms with E-state index in [0.29, 0.717) is 12.9 Å². The Kier molecular flexibility index (Phi) is 4.03. The first-order chi connectivity index (χ1) is 7.95. The number of phenolic OH excluding ortho intramolecular Hbond substituents is 1. The first kappa shape index (κ1) is 13.0. The Morgan fingerprint density at radius 3 is 2.65 bits per heavy atom. The average molecular weight is 239 g/mol. The molecule has 6 heteroatoms. The van der Waals surface area contributed by atoms with Gasteiger partial charge < -0.3 is 9.84 Å². The van der Waals surface area contributed by atoms with Crippen LogP contribution >= 0.6 is 0 Å². The summed E-state index contributed by atoms with van der Waals surface area (Å²) in [5, 5.41) is 20.3. The number of carbonyl (C=O) groups is 1. The van der Waals surface area contributed by atoms with Crippen LogP contribution in [0.5, 0.6) is 11.5 Å². The molecule has 0 aliphatic rings. The second-order valence-corrected chi connectivity index (χ2v) is 3.97. The fourth-order valence-electron chi connectivity index (χ4n) is 1.19. The number of hydrogen-bond acceptors (Lipinski definition) is 5. The number of ether oxygens (including phenoxy) is 1. The molecular formula is C11H13NO5. The lowest BCUT2D eigenvalue weighted by atomic mass is 10.2. The zero-order valence-electron chi connectivity index (χ0n) is 9.54. The van der Waals surface area contributed by atoms with E-state index in [9.17, 15) is 20.0 Å². The van der Waals surface area contributed by atoms with Crippen molar-refractivity contribution in [2.24, 2.45) is 5.92 Å². The second-order valence-electron chi connectivity index (χ2n) is 3.97. The molecule has 0 aliphatic carbocycles. The standard InChI is InChI=1S/C11H13NO5/c1-7(2)6-17-10-4-8(5-13)3-9(11(10)14)12(15)16/h3-5,7,14H,6H2,1-2H3. The molecule has 0 radical (unpaired) electrons. The van der Waals surface area contributed by atoms with Crippen molar-refractivity contribution in [2.45, 2.75) is 13.8 Å². The number of nitro benzene ring substituents is 1. The fraction of sp³-hybridized carbons (Fsp3) is 0.364. The Hall–Kier alpha value is -2.11. The predicted molar refractivity (Wildman–Crippen MR) is 60.5 cm³/mol. The van der Waals surface area contributed by atoms with Crippen molar-refractivity contribution in [2.75, 3.05) is 6.61 Å². The Morgan fingerprint density at radius 1 is 1.53 bits per heavy atom. The number of aldehydes is 1. The normalized spacial score (nSPS) is 10.3. The van der Waals surface area contributed by atoms with Gasteiger partial charge in [-0.3, -0.25) is 14.9 Å². The molecule has 92 valence electrons. The largest absolute Gasteiger partial charge is 0.500 e. The lowest BCUT2D eigenvalue weighted by Gasteiger charge is -2.10. The van der Waals surface area contributed by atoms with Crippen LogP contribution in [0.1, 0.15) is 24.2 Å². The maximum absolute atomic E-state index is 10.7. The van der Waals surface area contributed by atoms with E-state index in [4.69, 9.17) is 4.74 Å². The highest BCUT2D eigenvalue weighted by Crippen LogP contribution is 2.36. The van der Waals surface area contributed by atoms with Crippen LogP contribution in [0.3, 0.4) is 0 Å². The highest BCUT2D eigenvalue weighted by Gasteiger charge is 2.20. The van der Waals surface area contributed by atoms with Gasteiger partial charge in [-0.25, -0.2) is 0 Å². The smallest absolute Gasteiger partial charge is 0.315 e. The summed E-state index contributed by atoms with van der Waals surface area (Å²) in [4.78, 5) is 20.5. The maximum atomic E-state index is 10.7. The zero-order valence-corrected chi connectivity index (χ0v) is 9.54. The van der Waals surface area contributed by atoms with Crippen LogP contribution in [0.2, 0.25) is 0 Å². The summed E-state index contributed by atoms with van der Waals surface area (Å²) in [6, 6.07) is 2.28. The zero-order chi connectivity index (χ0) is 13.0. The first-order valence-corrected chi connectivity index (χ1v) is 5.05. The first-order valence-electron chi connectivity index (χ1n) is 5.05. The van der Waals surface area contributed by atoms with E-state index in [1.165, 1.54) is 6.07 Å². The van der Waals surface area contributed by atoms with Gasteiger partial charge in [0.05, 0.1) is 11.5 Å². The van der Waals surface area contributed by atoms with Gasteiger partial charge in [0, 0.05) is 11.6 Å². The molecule has 0 saturated heterocycles. The van der Waals surface area contributed by atoms with Gasteiger partial charge in [0.15, 0.2) is 5.75 Å². The Balaban J connectivity index is 3.14. The van der Waals surface area contributed by atoms with E-state index < -0.39 is 16.4 Å². The van der Waals surface area contributed by atoms with E-state index in [2.05, 4.69) is 0 Å².